The van der Waals surface area contributed by atoms with Crippen molar-refractivity contribution in [1.82, 2.24) is 9.47 Å². The average Bonchev–Trinajstić information content (AvgIpc) is 3.03. The van der Waals surface area contributed by atoms with Crippen molar-refractivity contribution in [3.63, 3.8) is 0 Å². The van der Waals surface area contributed by atoms with E-state index in [1.165, 1.54) is 4.57 Å². The molecule has 1 aromatic heterocycles. The highest BCUT2D eigenvalue weighted by molar-refractivity contribution is 5.72. The summed E-state index contributed by atoms with van der Waals surface area (Å²) >= 11 is 0. The van der Waals surface area contributed by atoms with Crippen molar-refractivity contribution < 1.29 is 19.7 Å². The highest BCUT2D eigenvalue weighted by Gasteiger charge is 2.30. The Balaban J connectivity index is 2.30. The first-order valence-electron chi connectivity index (χ1n) is 8.66. The molecule has 0 fully saturated rings. The van der Waals surface area contributed by atoms with Gasteiger partial charge in [0.15, 0.2) is 0 Å². The summed E-state index contributed by atoms with van der Waals surface area (Å²) in [4.78, 5) is 14.4. The Morgan fingerprint density at radius 3 is 2.42 bits per heavy atom. The molecule has 1 aromatic carbocycles. The molecule has 142 valence electrons. The molecule has 0 saturated carbocycles. The van der Waals surface area contributed by atoms with Crippen LogP contribution in [0.15, 0.2) is 48.7 Å². The van der Waals surface area contributed by atoms with Gasteiger partial charge in [0.25, 0.3) is 0 Å². The average molecular weight is 360 g/mol. The molecule has 0 aliphatic rings. The van der Waals surface area contributed by atoms with Crippen LogP contribution in [0.3, 0.4) is 0 Å². The molecule has 2 atom stereocenters. The molecule has 26 heavy (non-hydrogen) atoms. The normalized spacial score (nSPS) is 14.3. The molecule has 2 aromatic rings. The molecule has 0 unspecified atom stereocenters. The highest BCUT2D eigenvalue weighted by Crippen LogP contribution is 2.26. The number of likely N-dealkylation sites (N-methyl/N-ethyl adjacent to an activating group) is 1. The molecule has 2 N–H and O–H groups in total. The van der Waals surface area contributed by atoms with Crippen molar-refractivity contribution in [3.8, 4) is 0 Å². The van der Waals surface area contributed by atoms with E-state index in [2.05, 4.69) is 0 Å². The van der Waals surface area contributed by atoms with Crippen molar-refractivity contribution in [2.24, 2.45) is 0 Å². The Hall–Kier alpha value is -2.15. The zero-order valence-corrected chi connectivity index (χ0v) is 15.8. The number of ether oxygens (including phenoxy) is 1. The van der Waals surface area contributed by atoms with Gasteiger partial charge in [0.05, 0.1) is 18.8 Å². The second-order valence-electron chi connectivity index (χ2n) is 7.38. The molecule has 0 aliphatic carbocycles. The minimum absolute atomic E-state index is 0.413. The van der Waals surface area contributed by atoms with Gasteiger partial charge in [-0.25, -0.2) is 4.79 Å². The number of aromatic nitrogens is 1. The maximum Gasteiger partial charge on any atom is 0.418 e. The van der Waals surface area contributed by atoms with E-state index in [-0.39, 0.29) is 0 Å². The Morgan fingerprint density at radius 1 is 1.19 bits per heavy atom. The predicted molar refractivity (Wildman–Crippen MR) is 99.8 cm³/mol. The lowest BCUT2D eigenvalue weighted by atomic mass is 10.1. The predicted octanol–water partition coefficient (Wildman–Crippen LogP) is 2.80. The third-order valence-electron chi connectivity index (χ3n) is 3.97. The standard InChI is InChI=1S/C20H28N2O4/c1-20(2,3)26-19(25)22-12-8-11-16(22)18(17(24)14-23)21(4)13-15-9-6-5-7-10-15/h5-12,17-18,23-24H,13-14H2,1-4H3/t17-,18+/m0/s1. The van der Waals surface area contributed by atoms with Gasteiger partial charge >= 0.3 is 6.09 Å². The summed E-state index contributed by atoms with van der Waals surface area (Å²) in [5.41, 5.74) is 1.01. The summed E-state index contributed by atoms with van der Waals surface area (Å²) in [6, 6.07) is 12.7. The van der Waals surface area contributed by atoms with Crippen LogP contribution in [0.1, 0.15) is 38.1 Å². The maximum absolute atomic E-state index is 12.5. The van der Waals surface area contributed by atoms with Crippen molar-refractivity contribution in [2.45, 2.75) is 45.1 Å². The van der Waals surface area contributed by atoms with E-state index in [1.807, 2.05) is 42.3 Å². The minimum atomic E-state index is -1.04. The largest absolute Gasteiger partial charge is 0.443 e. The summed E-state index contributed by atoms with van der Waals surface area (Å²) in [7, 11) is 1.85. The van der Waals surface area contributed by atoms with E-state index < -0.39 is 30.4 Å². The molecule has 0 amide bonds. The molecule has 0 aliphatic heterocycles. The third kappa shape index (κ3) is 5.17. The number of hydrogen-bond acceptors (Lipinski definition) is 5. The topological polar surface area (TPSA) is 74.9 Å². The van der Waals surface area contributed by atoms with Crippen LogP contribution < -0.4 is 0 Å². The molecule has 2 rings (SSSR count). The number of aliphatic hydroxyl groups is 2. The fourth-order valence-electron chi connectivity index (χ4n) is 2.90. The van der Waals surface area contributed by atoms with Gasteiger partial charge in [-0.1, -0.05) is 30.3 Å². The summed E-state index contributed by atoms with van der Waals surface area (Å²) < 4.78 is 6.83. The molecular weight excluding hydrogens is 332 g/mol. The number of nitrogens with zero attached hydrogens (tertiary/aromatic N) is 2. The van der Waals surface area contributed by atoms with E-state index >= 15 is 0 Å². The smallest absolute Gasteiger partial charge is 0.418 e. The highest BCUT2D eigenvalue weighted by atomic mass is 16.6. The summed E-state index contributed by atoms with van der Waals surface area (Å²) in [6.45, 7) is 5.55. The molecule has 6 heteroatoms. The minimum Gasteiger partial charge on any atom is -0.443 e. The molecule has 6 nitrogen and oxygen atoms in total. The number of carbonyl (C=O) groups excluding carboxylic acids is 1. The van der Waals surface area contributed by atoms with Gasteiger partial charge in [0, 0.05) is 18.4 Å². The molecule has 0 spiro atoms. The Bertz CT molecular complexity index is 706. The third-order valence-corrected chi connectivity index (χ3v) is 3.97. The second-order valence-corrected chi connectivity index (χ2v) is 7.38. The number of aliphatic hydroxyl groups excluding tert-OH is 2. The molecule has 0 radical (unpaired) electrons. The lowest BCUT2D eigenvalue weighted by Gasteiger charge is -2.32. The fourth-order valence-corrected chi connectivity index (χ4v) is 2.90. The second kappa shape index (κ2) is 8.49. The van der Waals surface area contributed by atoms with E-state index in [4.69, 9.17) is 4.74 Å². The quantitative estimate of drug-likeness (QED) is 0.829. The van der Waals surface area contributed by atoms with Crippen molar-refractivity contribution in [1.29, 1.82) is 0 Å². The first kappa shape index (κ1) is 20.2. The Morgan fingerprint density at radius 2 is 1.85 bits per heavy atom. The molecular formula is C20H28N2O4. The first-order valence-corrected chi connectivity index (χ1v) is 8.66. The van der Waals surface area contributed by atoms with Crippen LogP contribution in [0.25, 0.3) is 0 Å². The van der Waals surface area contributed by atoms with Gasteiger partial charge in [-0.05, 0) is 45.5 Å². The van der Waals surface area contributed by atoms with Crippen LogP contribution in [0.4, 0.5) is 4.79 Å². The van der Waals surface area contributed by atoms with Crippen molar-refractivity contribution in [2.75, 3.05) is 13.7 Å². The monoisotopic (exact) mass is 360 g/mol. The number of benzene rings is 1. The van der Waals surface area contributed by atoms with Gasteiger partial charge in [0.1, 0.15) is 5.60 Å². The maximum atomic E-state index is 12.5. The van der Waals surface area contributed by atoms with Crippen molar-refractivity contribution in [3.05, 3.63) is 59.9 Å². The fraction of sp³-hybridized carbons (Fsp3) is 0.450. The lowest BCUT2D eigenvalue weighted by molar-refractivity contribution is 0.0117. The van der Waals surface area contributed by atoms with Crippen LogP contribution in [-0.2, 0) is 11.3 Å². The first-order chi connectivity index (χ1) is 12.2. The van der Waals surface area contributed by atoms with Gasteiger partial charge in [-0.2, -0.15) is 0 Å². The number of carbonyl (C=O) groups is 1. The van der Waals surface area contributed by atoms with Crippen LogP contribution in [-0.4, -0.2) is 51.1 Å². The molecule has 0 bridgehead atoms. The summed E-state index contributed by atoms with van der Waals surface area (Å²) in [5.74, 6) is 0. The van der Waals surface area contributed by atoms with Gasteiger partial charge < -0.3 is 14.9 Å². The summed E-state index contributed by atoms with van der Waals surface area (Å²) in [5, 5.41) is 20.0. The zero-order valence-electron chi connectivity index (χ0n) is 15.8. The van der Waals surface area contributed by atoms with E-state index in [0.29, 0.717) is 12.2 Å². The summed E-state index contributed by atoms with van der Waals surface area (Å²) in [6.07, 6.45) is 0.0529. The zero-order chi connectivity index (χ0) is 19.3. The van der Waals surface area contributed by atoms with E-state index in [9.17, 15) is 15.0 Å². The van der Waals surface area contributed by atoms with Gasteiger partial charge in [0.2, 0.25) is 0 Å². The number of rotatable bonds is 6. The van der Waals surface area contributed by atoms with Crippen LogP contribution in [0.2, 0.25) is 0 Å². The lowest BCUT2D eigenvalue weighted by Crippen LogP contribution is -2.38. The van der Waals surface area contributed by atoms with E-state index in [1.54, 1.807) is 39.1 Å². The van der Waals surface area contributed by atoms with Crippen LogP contribution >= 0.6 is 0 Å². The molecule has 0 saturated heterocycles. The van der Waals surface area contributed by atoms with Crippen LogP contribution in [0.5, 0.6) is 0 Å². The van der Waals surface area contributed by atoms with E-state index in [0.717, 1.165) is 5.56 Å². The number of hydrogen-bond donors (Lipinski definition) is 2. The Labute approximate surface area is 154 Å². The van der Waals surface area contributed by atoms with Crippen molar-refractivity contribution >= 4 is 6.09 Å². The molecule has 1 heterocycles. The SMILES string of the molecule is CN(Cc1ccccc1)[C@H](c1cccn1C(=O)OC(C)(C)C)[C@@H](O)CO. The van der Waals surface area contributed by atoms with Gasteiger partial charge in [-0.3, -0.25) is 9.47 Å². The van der Waals surface area contributed by atoms with Crippen LogP contribution in [0, 0.1) is 0 Å². The van der Waals surface area contributed by atoms with Gasteiger partial charge in [-0.15, -0.1) is 0 Å². The Kier molecular flexibility index (Phi) is 6.58.